The zero-order valence-corrected chi connectivity index (χ0v) is 9.97. The van der Waals surface area contributed by atoms with Gasteiger partial charge in [-0.25, -0.2) is 4.79 Å². The van der Waals surface area contributed by atoms with E-state index in [0.717, 1.165) is 26.0 Å². The monoisotopic (exact) mass is 237 g/mol. The molecule has 0 spiro atoms. The van der Waals surface area contributed by atoms with E-state index in [0.29, 0.717) is 24.3 Å². The van der Waals surface area contributed by atoms with Crippen LogP contribution in [0.15, 0.2) is 4.99 Å². The smallest absolute Gasteiger partial charge is 0.345 e. The lowest BCUT2D eigenvalue weighted by Crippen LogP contribution is -2.48. The molecule has 2 atom stereocenters. The molecule has 2 N–H and O–H groups in total. The van der Waals surface area contributed by atoms with Crippen LogP contribution in [0.2, 0.25) is 0 Å². The quantitative estimate of drug-likeness (QED) is 0.795. The van der Waals surface area contributed by atoms with Crippen LogP contribution in [0.25, 0.3) is 0 Å². The SMILES string of the molecule is NC1=NC(=O)N(CC2CC2)C1C1CCCOC1. The first kappa shape index (κ1) is 11.0. The number of nitrogens with zero attached hydrogens (tertiary/aromatic N) is 2. The summed E-state index contributed by atoms with van der Waals surface area (Å²) >= 11 is 0. The van der Waals surface area contributed by atoms with E-state index < -0.39 is 0 Å². The molecule has 2 aliphatic heterocycles. The zero-order chi connectivity index (χ0) is 11.8. The summed E-state index contributed by atoms with van der Waals surface area (Å²) in [5, 5.41) is 0. The van der Waals surface area contributed by atoms with Gasteiger partial charge in [0.1, 0.15) is 5.84 Å². The molecule has 3 aliphatic rings. The number of rotatable bonds is 3. The molecule has 2 heterocycles. The third kappa shape index (κ3) is 2.16. The van der Waals surface area contributed by atoms with E-state index in [1.54, 1.807) is 0 Å². The average Bonchev–Trinajstić information content (AvgIpc) is 3.08. The third-order valence-corrected chi connectivity index (χ3v) is 3.90. The summed E-state index contributed by atoms with van der Waals surface area (Å²) in [6, 6.07) is -0.159. The number of aliphatic imine (C=N–C) groups is 1. The Bertz CT molecular complexity index is 346. The molecule has 17 heavy (non-hydrogen) atoms. The van der Waals surface area contributed by atoms with Gasteiger partial charge in [0.05, 0.1) is 12.6 Å². The first-order valence-corrected chi connectivity index (χ1v) is 6.48. The van der Waals surface area contributed by atoms with Gasteiger partial charge in [0.15, 0.2) is 0 Å². The maximum Gasteiger partial charge on any atom is 0.345 e. The molecule has 0 aromatic carbocycles. The highest BCUT2D eigenvalue weighted by atomic mass is 16.5. The summed E-state index contributed by atoms with van der Waals surface area (Å²) in [4.78, 5) is 17.6. The van der Waals surface area contributed by atoms with Gasteiger partial charge in [-0.05, 0) is 31.6 Å². The van der Waals surface area contributed by atoms with Gasteiger partial charge in [-0.1, -0.05) is 0 Å². The fourth-order valence-electron chi connectivity index (χ4n) is 2.80. The lowest BCUT2D eigenvalue weighted by molar-refractivity contribution is 0.0344. The molecule has 0 aromatic heterocycles. The van der Waals surface area contributed by atoms with Crippen LogP contribution >= 0.6 is 0 Å². The van der Waals surface area contributed by atoms with Crippen molar-refractivity contribution in [1.29, 1.82) is 0 Å². The second-order valence-electron chi connectivity index (χ2n) is 5.34. The number of nitrogens with two attached hydrogens (primary N) is 1. The normalized spacial score (nSPS) is 34.0. The second-order valence-corrected chi connectivity index (χ2v) is 5.34. The highest BCUT2D eigenvalue weighted by Gasteiger charge is 2.41. The minimum atomic E-state index is -0.148. The van der Waals surface area contributed by atoms with Crippen molar-refractivity contribution in [2.45, 2.75) is 31.7 Å². The summed E-state index contributed by atoms with van der Waals surface area (Å²) in [7, 11) is 0. The lowest BCUT2D eigenvalue weighted by Gasteiger charge is -2.33. The Kier molecular flexibility index (Phi) is 2.78. The molecule has 1 aliphatic carbocycles. The van der Waals surface area contributed by atoms with Gasteiger partial charge < -0.3 is 15.4 Å². The number of amides is 2. The highest BCUT2D eigenvalue weighted by Crippen LogP contribution is 2.33. The number of amidine groups is 1. The number of urea groups is 1. The molecule has 94 valence electrons. The molecular weight excluding hydrogens is 218 g/mol. The van der Waals surface area contributed by atoms with E-state index in [4.69, 9.17) is 10.5 Å². The maximum atomic E-state index is 11.8. The molecule has 0 aromatic rings. The van der Waals surface area contributed by atoms with Crippen LogP contribution < -0.4 is 5.73 Å². The molecular formula is C12H19N3O2. The van der Waals surface area contributed by atoms with Gasteiger partial charge >= 0.3 is 6.03 Å². The zero-order valence-electron chi connectivity index (χ0n) is 9.97. The molecule has 2 unspecified atom stereocenters. The van der Waals surface area contributed by atoms with Crippen LogP contribution in [0.1, 0.15) is 25.7 Å². The van der Waals surface area contributed by atoms with Crippen LogP contribution in [0.5, 0.6) is 0 Å². The van der Waals surface area contributed by atoms with Crippen molar-refractivity contribution in [2.75, 3.05) is 19.8 Å². The Hall–Kier alpha value is -1.10. The predicted octanol–water partition coefficient (Wildman–Crippen LogP) is 0.984. The Balaban J connectivity index is 1.73. The predicted molar refractivity (Wildman–Crippen MR) is 63.8 cm³/mol. The number of hydrogen-bond acceptors (Lipinski definition) is 3. The van der Waals surface area contributed by atoms with Crippen molar-refractivity contribution >= 4 is 11.9 Å². The fraction of sp³-hybridized carbons (Fsp3) is 0.833. The Morgan fingerprint density at radius 2 is 2.24 bits per heavy atom. The molecule has 1 saturated heterocycles. The molecule has 5 nitrogen and oxygen atoms in total. The summed E-state index contributed by atoms with van der Waals surface area (Å²) in [6.07, 6.45) is 4.60. The van der Waals surface area contributed by atoms with Crippen molar-refractivity contribution < 1.29 is 9.53 Å². The largest absolute Gasteiger partial charge is 0.385 e. The summed E-state index contributed by atoms with van der Waals surface area (Å²) in [5.41, 5.74) is 5.92. The van der Waals surface area contributed by atoms with Crippen molar-refractivity contribution in [3.8, 4) is 0 Å². The molecule has 5 heteroatoms. The number of carbonyl (C=O) groups is 1. The second kappa shape index (κ2) is 4.29. The lowest BCUT2D eigenvalue weighted by atomic mass is 9.92. The van der Waals surface area contributed by atoms with Crippen LogP contribution in [-0.4, -0.2) is 42.6 Å². The number of ether oxygens (including phenoxy) is 1. The van der Waals surface area contributed by atoms with Crippen molar-refractivity contribution in [2.24, 2.45) is 22.6 Å². The molecule has 0 bridgehead atoms. The van der Waals surface area contributed by atoms with Crippen molar-refractivity contribution in [3.05, 3.63) is 0 Å². The number of carbonyl (C=O) groups excluding carboxylic acids is 1. The Labute approximate surface area is 101 Å². The van der Waals surface area contributed by atoms with Gasteiger partial charge in [-0.15, -0.1) is 0 Å². The van der Waals surface area contributed by atoms with Gasteiger partial charge in [0, 0.05) is 19.1 Å². The minimum Gasteiger partial charge on any atom is -0.385 e. The number of hydrogen-bond donors (Lipinski definition) is 1. The molecule has 2 fully saturated rings. The maximum absolute atomic E-state index is 11.8. The van der Waals surface area contributed by atoms with E-state index in [2.05, 4.69) is 4.99 Å². The van der Waals surface area contributed by atoms with E-state index in [-0.39, 0.29) is 12.1 Å². The van der Waals surface area contributed by atoms with Crippen LogP contribution in [0.4, 0.5) is 4.79 Å². The van der Waals surface area contributed by atoms with Crippen LogP contribution in [0, 0.1) is 11.8 Å². The molecule has 2 amide bonds. The van der Waals surface area contributed by atoms with Crippen LogP contribution in [-0.2, 0) is 4.74 Å². The van der Waals surface area contributed by atoms with Crippen LogP contribution in [0.3, 0.4) is 0 Å². The standard InChI is InChI=1S/C12H19N3O2/c13-11-10(9-2-1-5-17-7-9)15(12(16)14-11)6-8-3-4-8/h8-10H,1-7H2,(H2,13,14,16). The highest BCUT2D eigenvalue weighted by molar-refractivity contribution is 6.03. The summed E-state index contributed by atoms with van der Waals surface area (Å²) in [5.74, 6) is 1.50. The molecule has 1 saturated carbocycles. The third-order valence-electron chi connectivity index (χ3n) is 3.90. The molecule has 0 radical (unpaired) electrons. The topological polar surface area (TPSA) is 67.9 Å². The Morgan fingerprint density at radius 3 is 2.88 bits per heavy atom. The first-order valence-electron chi connectivity index (χ1n) is 6.48. The van der Waals surface area contributed by atoms with E-state index in [1.807, 2.05) is 4.90 Å². The van der Waals surface area contributed by atoms with Gasteiger partial charge in [0.25, 0.3) is 0 Å². The van der Waals surface area contributed by atoms with Crippen molar-refractivity contribution in [3.63, 3.8) is 0 Å². The van der Waals surface area contributed by atoms with Gasteiger partial charge in [0.2, 0.25) is 0 Å². The molecule has 3 rings (SSSR count). The average molecular weight is 237 g/mol. The fourth-order valence-corrected chi connectivity index (χ4v) is 2.80. The minimum absolute atomic E-state index is 0.0107. The summed E-state index contributed by atoms with van der Waals surface area (Å²) < 4.78 is 5.50. The van der Waals surface area contributed by atoms with E-state index in [9.17, 15) is 4.79 Å². The van der Waals surface area contributed by atoms with Gasteiger partial charge in [-0.2, -0.15) is 4.99 Å². The van der Waals surface area contributed by atoms with Gasteiger partial charge in [-0.3, -0.25) is 0 Å². The first-order chi connectivity index (χ1) is 8.25. The summed E-state index contributed by atoms with van der Waals surface area (Å²) in [6.45, 7) is 2.36. The van der Waals surface area contributed by atoms with Crippen molar-refractivity contribution in [1.82, 2.24) is 4.90 Å². The van der Waals surface area contributed by atoms with E-state index in [1.165, 1.54) is 12.8 Å². The Morgan fingerprint density at radius 1 is 1.41 bits per heavy atom. The van der Waals surface area contributed by atoms with E-state index >= 15 is 0 Å².